The smallest absolute Gasteiger partial charge is 0.194 e. The van der Waals surface area contributed by atoms with Crippen LogP contribution in [0.15, 0.2) is 17.1 Å². The zero-order chi connectivity index (χ0) is 20.8. The molecule has 0 saturated carbocycles. The fourth-order valence-corrected chi connectivity index (χ4v) is 4.35. The number of hydrogen-bond acceptors (Lipinski definition) is 6. The van der Waals surface area contributed by atoms with Gasteiger partial charge in [0, 0.05) is 58.9 Å². The Balaban J connectivity index is 1.33. The first-order valence-corrected chi connectivity index (χ1v) is 11.3. The van der Waals surface area contributed by atoms with Crippen molar-refractivity contribution < 1.29 is 4.74 Å². The van der Waals surface area contributed by atoms with Crippen LogP contribution in [-0.2, 0) is 18.3 Å². The molecule has 30 heavy (non-hydrogen) atoms. The summed E-state index contributed by atoms with van der Waals surface area (Å²) in [6.45, 7) is 12.6. The number of aliphatic imine (C=N–C) groups is 1. The SMILES string of the molecule is Cc1nnc(CN=C(NCCCN2CCOCC2)N2CCC(N3CC=CC3)C2)n1C. The van der Waals surface area contributed by atoms with Gasteiger partial charge in [0.1, 0.15) is 12.4 Å². The zero-order valence-corrected chi connectivity index (χ0v) is 18.5. The van der Waals surface area contributed by atoms with E-state index in [-0.39, 0.29) is 0 Å². The molecular weight excluding hydrogens is 380 g/mol. The Kier molecular flexibility index (Phi) is 7.35. The van der Waals surface area contributed by atoms with Crippen LogP contribution in [0.25, 0.3) is 0 Å². The summed E-state index contributed by atoms with van der Waals surface area (Å²) in [5.74, 6) is 2.83. The van der Waals surface area contributed by atoms with E-state index >= 15 is 0 Å². The molecule has 1 aromatic heterocycles. The van der Waals surface area contributed by atoms with Crippen molar-refractivity contribution in [3.8, 4) is 0 Å². The lowest BCUT2D eigenvalue weighted by molar-refractivity contribution is 0.0375. The van der Waals surface area contributed by atoms with E-state index in [1.54, 1.807) is 0 Å². The summed E-state index contributed by atoms with van der Waals surface area (Å²) in [6.07, 6.45) is 6.85. The highest BCUT2D eigenvalue weighted by atomic mass is 16.5. The van der Waals surface area contributed by atoms with Gasteiger partial charge in [-0.3, -0.25) is 9.80 Å². The minimum Gasteiger partial charge on any atom is -0.379 e. The number of nitrogens with zero attached hydrogens (tertiary/aromatic N) is 7. The van der Waals surface area contributed by atoms with Crippen molar-refractivity contribution in [1.82, 2.24) is 34.8 Å². The van der Waals surface area contributed by atoms with Crippen molar-refractivity contribution in [3.63, 3.8) is 0 Å². The average molecular weight is 417 g/mol. The van der Waals surface area contributed by atoms with Crippen molar-refractivity contribution in [1.29, 1.82) is 0 Å². The maximum atomic E-state index is 5.44. The molecule has 9 heteroatoms. The quantitative estimate of drug-likeness (QED) is 0.295. The predicted molar refractivity (Wildman–Crippen MR) is 117 cm³/mol. The van der Waals surface area contributed by atoms with Crippen molar-refractivity contribution in [2.45, 2.75) is 32.4 Å². The van der Waals surface area contributed by atoms with Crippen molar-refractivity contribution >= 4 is 5.96 Å². The monoisotopic (exact) mass is 416 g/mol. The molecule has 2 fully saturated rings. The molecule has 166 valence electrons. The Morgan fingerprint density at radius 3 is 2.73 bits per heavy atom. The highest BCUT2D eigenvalue weighted by molar-refractivity contribution is 5.80. The second kappa shape index (κ2) is 10.4. The lowest BCUT2D eigenvalue weighted by Crippen LogP contribution is -2.44. The molecule has 0 aromatic carbocycles. The second-order valence-corrected chi connectivity index (χ2v) is 8.41. The molecule has 4 heterocycles. The molecule has 0 radical (unpaired) electrons. The number of ether oxygens (including phenoxy) is 1. The van der Waals surface area contributed by atoms with Gasteiger partial charge >= 0.3 is 0 Å². The minimum atomic E-state index is 0.551. The largest absolute Gasteiger partial charge is 0.379 e. The van der Waals surface area contributed by atoms with Crippen LogP contribution in [-0.4, -0.2) is 107 Å². The van der Waals surface area contributed by atoms with Crippen LogP contribution in [0.2, 0.25) is 0 Å². The zero-order valence-electron chi connectivity index (χ0n) is 18.5. The Bertz CT molecular complexity index is 731. The van der Waals surface area contributed by atoms with Gasteiger partial charge in [-0.1, -0.05) is 12.2 Å². The Morgan fingerprint density at radius 2 is 2.00 bits per heavy atom. The molecule has 3 aliphatic rings. The van der Waals surface area contributed by atoms with Gasteiger partial charge in [0.2, 0.25) is 0 Å². The van der Waals surface area contributed by atoms with Crippen LogP contribution < -0.4 is 5.32 Å². The van der Waals surface area contributed by atoms with Crippen LogP contribution in [0, 0.1) is 6.92 Å². The van der Waals surface area contributed by atoms with Crippen molar-refractivity contribution in [2.75, 3.05) is 65.6 Å². The van der Waals surface area contributed by atoms with Crippen LogP contribution in [0.5, 0.6) is 0 Å². The molecule has 0 bridgehead atoms. The van der Waals surface area contributed by atoms with Gasteiger partial charge in [-0.2, -0.15) is 0 Å². The fraction of sp³-hybridized carbons (Fsp3) is 0.762. The number of aryl methyl sites for hydroxylation is 1. The Hall–Kier alpha value is -1.97. The number of hydrogen-bond donors (Lipinski definition) is 1. The predicted octanol–water partition coefficient (Wildman–Crippen LogP) is 0.238. The third-order valence-corrected chi connectivity index (χ3v) is 6.42. The summed E-state index contributed by atoms with van der Waals surface area (Å²) in [4.78, 5) is 12.4. The molecule has 9 nitrogen and oxygen atoms in total. The first kappa shape index (κ1) is 21.3. The van der Waals surface area contributed by atoms with Crippen LogP contribution in [0.3, 0.4) is 0 Å². The van der Waals surface area contributed by atoms with Gasteiger partial charge in [-0.25, -0.2) is 4.99 Å². The highest BCUT2D eigenvalue weighted by Gasteiger charge is 2.29. The summed E-state index contributed by atoms with van der Waals surface area (Å²) in [7, 11) is 2.00. The average Bonchev–Trinajstić information content (AvgIpc) is 3.52. The minimum absolute atomic E-state index is 0.551. The summed E-state index contributed by atoms with van der Waals surface area (Å²) >= 11 is 0. The van der Waals surface area contributed by atoms with Gasteiger partial charge in [0.15, 0.2) is 11.8 Å². The number of rotatable bonds is 7. The topological polar surface area (TPSA) is 74.0 Å². The van der Waals surface area contributed by atoms with E-state index in [9.17, 15) is 0 Å². The summed E-state index contributed by atoms with van der Waals surface area (Å²) < 4.78 is 7.46. The summed E-state index contributed by atoms with van der Waals surface area (Å²) in [5, 5.41) is 12.1. The molecule has 3 aliphatic heterocycles. The maximum absolute atomic E-state index is 5.44. The molecule has 1 aromatic rings. The first-order chi connectivity index (χ1) is 14.7. The van der Waals surface area contributed by atoms with Gasteiger partial charge in [0.25, 0.3) is 0 Å². The summed E-state index contributed by atoms with van der Waals surface area (Å²) in [6, 6.07) is 0.609. The fourth-order valence-electron chi connectivity index (χ4n) is 4.35. The number of aromatic nitrogens is 3. The molecule has 4 rings (SSSR count). The third kappa shape index (κ3) is 5.39. The van der Waals surface area contributed by atoms with Gasteiger partial charge in [0.05, 0.1) is 13.2 Å². The normalized spacial score (nSPS) is 23.6. The van der Waals surface area contributed by atoms with Crippen LogP contribution in [0.4, 0.5) is 0 Å². The Morgan fingerprint density at radius 1 is 1.20 bits per heavy atom. The van der Waals surface area contributed by atoms with E-state index in [1.165, 1.54) is 6.42 Å². The van der Waals surface area contributed by atoms with Gasteiger partial charge < -0.3 is 19.5 Å². The van der Waals surface area contributed by atoms with E-state index in [4.69, 9.17) is 9.73 Å². The first-order valence-electron chi connectivity index (χ1n) is 11.3. The molecule has 2 saturated heterocycles. The molecular formula is C21H36N8O. The number of guanidine groups is 1. The highest BCUT2D eigenvalue weighted by Crippen LogP contribution is 2.18. The summed E-state index contributed by atoms with van der Waals surface area (Å²) in [5.41, 5.74) is 0. The molecule has 1 atom stereocenters. The van der Waals surface area contributed by atoms with E-state index in [0.29, 0.717) is 12.6 Å². The molecule has 1 N–H and O–H groups in total. The molecule has 1 unspecified atom stereocenters. The lowest BCUT2D eigenvalue weighted by Gasteiger charge is -2.27. The Labute approximate surface area is 179 Å². The van der Waals surface area contributed by atoms with Crippen LogP contribution in [0.1, 0.15) is 24.5 Å². The second-order valence-electron chi connectivity index (χ2n) is 8.41. The molecule has 0 spiro atoms. The molecule has 0 amide bonds. The number of morpholine rings is 1. The third-order valence-electron chi connectivity index (χ3n) is 6.42. The van der Waals surface area contributed by atoms with E-state index < -0.39 is 0 Å². The van der Waals surface area contributed by atoms with Gasteiger partial charge in [-0.05, 0) is 26.3 Å². The maximum Gasteiger partial charge on any atom is 0.194 e. The van der Waals surface area contributed by atoms with E-state index in [2.05, 4.69) is 42.4 Å². The number of likely N-dealkylation sites (tertiary alicyclic amines) is 1. The lowest BCUT2D eigenvalue weighted by atomic mass is 10.2. The van der Waals surface area contributed by atoms with Crippen molar-refractivity contribution in [3.05, 3.63) is 23.8 Å². The van der Waals surface area contributed by atoms with Crippen molar-refractivity contribution in [2.24, 2.45) is 12.0 Å². The molecule has 0 aliphatic carbocycles. The number of nitrogens with one attached hydrogen (secondary N) is 1. The van der Waals surface area contributed by atoms with Gasteiger partial charge in [-0.15, -0.1) is 10.2 Å². The van der Waals surface area contributed by atoms with E-state index in [1.807, 2.05) is 18.5 Å². The van der Waals surface area contributed by atoms with Crippen LogP contribution >= 0.6 is 0 Å². The van der Waals surface area contributed by atoms with E-state index in [0.717, 1.165) is 89.6 Å². The standard InChI is InChI=1S/C21H36N8O/c1-18-24-25-20(26(18)2)16-23-21(22-7-5-8-27-12-14-30-15-13-27)29-11-6-19(17-29)28-9-3-4-10-28/h3-4,19H,5-17H2,1-2H3,(H,22,23).